The maximum Gasteiger partial charge on any atom is 0.313 e. The van der Waals surface area contributed by atoms with E-state index in [4.69, 9.17) is 0 Å². The zero-order chi connectivity index (χ0) is 22.2. The number of rotatable bonds is 5. The molecule has 3 N–H and O–H groups in total. The summed E-state index contributed by atoms with van der Waals surface area (Å²) in [5.74, 6) is -1.39. The smallest absolute Gasteiger partial charge is 0.313 e. The van der Waals surface area contributed by atoms with Gasteiger partial charge in [-0.25, -0.2) is 0 Å². The lowest BCUT2D eigenvalue weighted by Gasteiger charge is -2.26. The lowest BCUT2D eigenvalue weighted by molar-refractivity contribution is -0.136. The zero-order valence-corrected chi connectivity index (χ0v) is 18.7. The van der Waals surface area contributed by atoms with Crippen LogP contribution in [-0.4, -0.2) is 29.4 Å². The van der Waals surface area contributed by atoms with Crippen molar-refractivity contribution in [1.29, 1.82) is 0 Å². The van der Waals surface area contributed by atoms with Gasteiger partial charge in [0.1, 0.15) is 6.10 Å². The first kappa shape index (κ1) is 20.9. The predicted octanol–water partition coefficient (Wildman–Crippen LogP) is 2.98. The van der Waals surface area contributed by atoms with E-state index in [9.17, 15) is 19.5 Å². The van der Waals surface area contributed by atoms with Crippen LogP contribution in [0.5, 0.6) is 0 Å². The number of thiophene rings is 2. The normalized spacial score (nSPS) is 15.4. The molecule has 3 aromatic rings. The van der Waals surface area contributed by atoms with Gasteiger partial charge in [-0.1, -0.05) is 0 Å². The number of carbonyl (C=O) groups is 3. The quantitative estimate of drug-likeness (QED) is 0.503. The van der Waals surface area contributed by atoms with Gasteiger partial charge in [-0.05, 0) is 70.6 Å². The molecule has 5 rings (SSSR count). The Morgan fingerprint density at radius 3 is 2.81 bits per heavy atom. The molecule has 9 heteroatoms. The monoisotopic (exact) mass is 467 g/mol. The van der Waals surface area contributed by atoms with Crippen LogP contribution in [0.25, 0.3) is 0 Å². The molecule has 7 nitrogen and oxygen atoms in total. The van der Waals surface area contributed by atoms with E-state index in [-0.39, 0.29) is 12.5 Å². The van der Waals surface area contributed by atoms with Crippen LogP contribution in [0.1, 0.15) is 39.0 Å². The molecule has 1 aromatic carbocycles. The molecule has 32 heavy (non-hydrogen) atoms. The Morgan fingerprint density at radius 2 is 2.00 bits per heavy atom. The van der Waals surface area contributed by atoms with Crippen LogP contribution in [0.4, 0.5) is 11.4 Å². The summed E-state index contributed by atoms with van der Waals surface area (Å²) in [5.41, 5.74) is 4.28. The van der Waals surface area contributed by atoms with E-state index in [0.29, 0.717) is 12.1 Å². The van der Waals surface area contributed by atoms with Crippen LogP contribution in [0.2, 0.25) is 0 Å². The highest BCUT2D eigenvalue weighted by atomic mass is 32.1. The summed E-state index contributed by atoms with van der Waals surface area (Å²) < 4.78 is 0. The third-order valence-electron chi connectivity index (χ3n) is 5.71. The molecule has 0 saturated heterocycles. The molecule has 3 amide bonds. The summed E-state index contributed by atoms with van der Waals surface area (Å²) in [6.07, 6.45) is 1.37. The van der Waals surface area contributed by atoms with Crippen molar-refractivity contribution in [3.05, 3.63) is 67.5 Å². The number of hydrogen-bond donors (Lipinski definition) is 3. The lowest BCUT2D eigenvalue weighted by atomic mass is 9.99. The first-order valence-corrected chi connectivity index (χ1v) is 12.1. The van der Waals surface area contributed by atoms with E-state index in [1.54, 1.807) is 6.07 Å². The van der Waals surface area contributed by atoms with E-state index < -0.39 is 17.9 Å². The summed E-state index contributed by atoms with van der Waals surface area (Å²) in [6.45, 7) is 0.938. The second-order valence-electron chi connectivity index (χ2n) is 7.87. The Morgan fingerprint density at radius 1 is 1.16 bits per heavy atom. The number of aliphatic hydroxyl groups is 1. The number of carbonyl (C=O) groups excluding carboxylic acids is 3. The van der Waals surface area contributed by atoms with Crippen molar-refractivity contribution in [2.75, 3.05) is 16.8 Å². The van der Waals surface area contributed by atoms with Crippen LogP contribution in [0.3, 0.4) is 0 Å². The third-order valence-corrected chi connectivity index (χ3v) is 7.55. The van der Waals surface area contributed by atoms with E-state index >= 15 is 0 Å². The van der Waals surface area contributed by atoms with Gasteiger partial charge in [-0.3, -0.25) is 14.4 Å². The number of amides is 3. The number of aliphatic hydroxyl groups excluding tert-OH is 1. The number of nitrogens with zero attached hydrogens (tertiary/aromatic N) is 1. The van der Waals surface area contributed by atoms with Crippen LogP contribution in [-0.2, 0) is 33.8 Å². The van der Waals surface area contributed by atoms with Crippen LogP contribution in [0.15, 0.2) is 41.1 Å². The van der Waals surface area contributed by atoms with Crippen molar-refractivity contribution in [1.82, 2.24) is 5.32 Å². The van der Waals surface area contributed by atoms with Gasteiger partial charge in [-0.15, -0.1) is 11.3 Å². The van der Waals surface area contributed by atoms with Gasteiger partial charge in [0.25, 0.3) is 0 Å². The van der Waals surface area contributed by atoms with Crippen LogP contribution in [0, 0.1) is 0 Å². The summed E-state index contributed by atoms with van der Waals surface area (Å²) in [6, 6.07) is 9.18. The number of benzene rings is 1. The van der Waals surface area contributed by atoms with Crippen molar-refractivity contribution in [3.63, 3.8) is 0 Å². The topological polar surface area (TPSA) is 98.7 Å². The number of hydrogen-bond acceptors (Lipinski definition) is 6. The fourth-order valence-corrected chi connectivity index (χ4v) is 5.86. The molecule has 2 aromatic heterocycles. The molecule has 0 bridgehead atoms. The van der Waals surface area contributed by atoms with Gasteiger partial charge in [-0.2, -0.15) is 11.3 Å². The van der Waals surface area contributed by atoms with E-state index in [1.165, 1.54) is 22.7 Å². The molecule has 0 spiro atoms. The molecule has 164 valence electrons. The van der Waals surface area contributed by atoms with Crippen molar-refractivity contribution < 1.29 is 19.5 Å². The maximum absolute atomic E-state index is 12.4. The van der Waals surface area contributed by atoms with Crippen molar-refractivity contribution in [3.8, 4) is 0 Å². The van der Waals surface area contributed by atoms with Gasteiger partial charge < -0.3 is 20.6 Å². The van der Waals surface area contributed by atoms with Crippen LogP contribution < -0.4 is 15.5 Å². The Hall–Kier alpha value is -3.01. The SMILES string of the molecule is O=C(NCc1ccc(C(O)c2ccsc2)s1)C(=O)Nc1cc2c3c(c1)CC(=O)N3CCC2. The summed E-state index contributed by atoms with van der Waals surface area (Å²) >= 11 is 2.92. The van der Waals surface area contributed by atoms with Crippen molar-refractivity contribution in [2.24, 2.45) is 0 Å². The number of nitrogens with one attached hydrogen (secondary N) is 2. The van der Waals surface area contributed by atoms with Gasteiger partial charge in [0, 0.05) is 22.0 Å². The van der Waals surface area contributed by atoms with Gasteiger partial charge in [0.2, 0.25) is 5.91 Å². The predicted molar refractivity (Wildman–Crippen MR) is 124 cm³/mol. The summed E-state index contributed by atoms with van der Waals surface area (Å²) in [5, 5.41) is 19.5. The highest BCUT2D eigenvalue weighted by Gasteiger charge is 2.32. The van der Waals surface area contributed by atoms with Gasteiger partial charge in [0.15, 0.2) is 0 Å². The second kappa shape index (κ2) is 8.50. The molecule has 0 saturated carbocycles. The minimum Gasteiger partial charge on any atom is -0.383 e. The number of anilines is 2. The largest absolute Gasteiger partial charge is 0.383 e. The molecule has 1 unspecified atom stereocenters. The number of aryl methyl sites for hydroxylation is 1. The minimum atomic E-state index is -0.746. The molecule has 1 atom stereocenters. The highest BCUT2D eigenvalue weighted by Crippen LogP contribution is 2.38. The molecule has 4 heterocycles. The van der Waals surface area contributed by atoms with Crippen molar-refractivity contribution >= 4 is 51.8 Å². The lowest BCUT2D eigenvalue weighted by Crippen LogP contribution is -2.35. The highest BCUT2D eigenvalue weighted by molar-refractivity contribution is 7.12. The zero-order valence-electron chi connectivity index (χ0n) is 17.1. The molecule has 2 aliphatic rings. The van der Waals surface area contributed by atoms with E-state index in [1.807, 2.05) is 39.9 Å². The molecular weight excluding hydrogens is 446 g/mol. The molecule has 2 aliphatic heterocycles. The second-order valence-corrected chi connectivity index (χ2v) is 9.85. The molecule has 0 fully saturated rings. The first-order valence-electron chi connectivity index (χ1n) is 10.3. The molecule has 0 aliphatic carbocycles. The van der Waals surface area contributed by atoms with Crippen LogP contribution >= 0.6 is 22.7 Å². The van der Waals surface area contributed by atoms with Gasteiger partial charge in [0.05, 0.1) is 18.7 Å². The van der Waals surface area contributed by atoms with Crippen molar-refractivity contribution in [2.45, 2.75) is 31.9 Å². The summed E-state index contributed by atoms with van der Waals surface area (Å²) in [7, 11) is 0. The van der Waals surface area contributed by atoms with E-state index in [2.05, 4.69) is 10.6 Å². The van der Waals surface area contributed by atoms with E-state index in [0.717, 1.165) is 51.5 Å². The third kappa shape index (κ3) is 3.94. The van der Waals surface area contributed by atoms with Gasteiger partial charge >= 0.3 is 11.8 Å². The molecular formula is C23H21N3O4S2. The first-order chi connectivity index (χ1) is 15.5. The maximum atomic E-state index is 12.4. The fourth-order valence-electron chi connectivity index (χ4n) is 4.22. The standard InChI is InChI=1S/C23H21N3O4S2/c27-19-10-15-9-16(8-13-2-1-6-26(19)20(13)15)25-23(30)22(29)24-11-17-3-4-18(32-17)21(28)14-5-7-31-12-14/h3-5,7-9,12,21,28H,1-2,6,10-11H2,(H,24,29)(H,25,30). The Balaban J connectivity index is 1.20. The Kier molecular flexibility index (Phi) is 5.54. The molecule has 0 radical (unpaired) electrons. The minimum absolute atomic E-state index is 0.0848. The Labute approximate surface area is 192 Å². The average Bonchev–Trinajstić information content (AvgIpc) is 3.53. The summed E-state index contributed by atoms with van der Waals surface area (Å²) in [4.78, 5) is 40.4. The fraction of sp³-hybridized carbons (Fsp3) is 0.261. The average molecular weight is 468 g/mol. The Bertz CT molecular complexity index is 1200.